The van der Waals surface area contributed by atoms with Crippen molar-refractivity contribution in [3.63, 3.8) is 0 Å². The molecule has 0 aliphatic carbocycles. The molecule has 8 nitrogen and oxygen atoms in total. The normalized spacial score (nSPS) is 13.7. The largest absolute Gasteiger partial charge is 2.00 e. The van der Waals surface area contributed by atoms with Crippen LogP contribution < -0.4 is 5.43 Å². The summed E-state index contributed by atoms with van der Waals surface area (Å²) in [5, 5.41) is 13.0. The van der Waals surface area contributed by atoms with Crippen molar-refractivity contribution in [3.05, 3.63) is 29.3 Å². The quantitative estimate of drug-likeness (QED) is 0.236. The second-order valence-corrected chi connectivity index (χ2v) is 7.36. The summed E-state index contributed by atoms with van der Waals surface area (Å²) in [4.78, 5) is 38.9. The number of hydrogen-bond acceptors (Lipinski definition) is 7. The molecule has 0 atom stereocenters. The van der Waals surface area contributed by atoms with Crippen molar-refractivity contribution in [1.82, 2.24) is 4.90 Å². The predicted molar refractivity (Wildman–Crippen MR) is 104 cm³/mol. The van der Waals surface area contributed by atoms with Gasteiger partial charge in [-0.25, -0.2) is 4.79 Å². The summed E-state index contributed by atoms with van der Waals surface area (Å²) in [5.74, 6) is -1.65. The fourth-order valence-corrected chi connectivity index (χ4v) is 2.94. The van der Waals surface area contributed by atoms with E-state index in [-0.39, 0.29) is 45.8 Å². The summed E-state index contributed by atoms with van der Waals surface area (Å²) in [7, 11) is 0. The van der Waals surface area contributed by atoms with E-state index < -0.39 is 23.2 Å². The van der Waals surface area contributed by atoms with E-state index in [4.69, 9.17) is 4.74 Å². The van der Waals surface area contributed by atoms with Crippen LogP contribution in [0, 0.1) is 11.3 Å². The van der Waals surface area contributed by atoms with Crippen LogP contribution in [0.2, 0.25) is 0 Å². The Labute approximate surface area is 180 Å². The number of anilines is 1. The molecular weight excluding hydrogens is 424 g/mol. The van der Waals surface area contributed by atoms with Crippen molar-refractivity contribution in [2.75, 3.05) is 5.43 Å². The maximum atomic E-state index is 12.9. The first kappa shape index (κ1) is 24.3. The molecule has 157 valence electrons. The molecular formula is C20H24CuN4O4+2. The van der Waals surface area contributed by atoms with E-state index in [9.17, 15) is 19.6 Å². The average molecular weight is 448 g/mol. The third-order valence-electron chi connectivity index (χ3n) is 4.24. The molecule has 29 heavy (non-hydrogen) atoms. The number of carbonyl (C=O) groups is 3. The van der Waals surface area contributed by atoms with Crippen molar-refractivity contribution >= 4 is 29.2 Å². The molecule has 1 aliphatic heterocycles. The number of esters is 1. The van der Waals surface area contributed by atoms with E-state index in [1.807, 2.05) is 13.8 Å². The first-order chi connectivity index (χ1) is 13.1. The van der Waals surface area contributed by atoms with Gasteiger partial charge in [-0.1, -0.05) is 19.9 Å². The molecule has 1 N–H and O–H groups in total. The third kappa shape index (κ3) is 5.22. The molecule has 1 aromatic rings. The van der Waals surface area contributed by atoms with E-state index in [0.717, 1.165) is 0 Å². The summed E-state index contributed by atoms with van der Waals surface area (Å²) in [6, 6.07) is 6.23. The van der Waals surface area contributed by atoms with Crippen LogP contribution in [0.4, 0.5) is 5.69 Å². The van der Waals surface area contributed by atoms with Gasteiger partial charge < -0.3 is 4.74 Å². The minimum Gasteiger partial charge on any atom is -0.455 e. The minimum atomic E-state index is -0.879. The van der Waals surface area contributed by atoms with Crippen LogP contribution in [0.3, 0.4) is 0 Å². The standard InChI is InChI=1S/C20H24N4O4.Cu/c1-6-12(7-2)24-17(25)13-9-8-10-14(16(13)18(24)26)22-23-15(11-21)19(27)28-20(3,4)5;/h8-10,12,22H,6-7H2,1-5H3;/q;+2. The number of carbonyl (C=O) groups excluding carboxylic acids is 3. The van der Waals surface area contributed by atoms with Gasteiger partial charge in [0.15, 0.2) is 0 Å². The second-order valence-electron chi connectivity index (χ2n) is 7.36. The molecule has 0 saturated carbocycles. The van der Waals surface area contributed by atoms with Gasteiger partial charge in [0.2, 0.25) is 5.71 Å². The number of nitriles is 1. The number of nitrogens with one attached hydrogen (secondary N) is 1. The van der Waals surface area contributed by atoms with Gasteiger partial charge in [0.25, 0.3) is 11.8 Å². The Morgan fingerprint density at radius 2 is 1.86 bits per heavy atom. The Kier molecular flexibility index (Phi) is 8.13. The molecule has 0 saturated heterocycles. The Morgan fingerprint density at radius 3 is 2.38 bits per heavy atom. The molecule has 1 heterocycles. The number of rotatable bonds is 6. The number of hydrogen-bond donors (Lipinski definition) is 1. The molecule has 1 radical (unpaired) electrons. The van der Waals surface area contributed by atoms with Gasteiger partial charge in [0.05, 0.1) is 16.8 Å². The van der Waals surface area contributed by atoms with Gasteiger partial charge >= 0.3 is 23.0 Å². The zero-order valence-electron chi connectivity index (χ0n) is 17.0. The maximum Gasteiger partial charge on any atom is 2.00 e. The number of fused-ring (bicyclic) bond motifs is 1. The summed E-state index contributed by atoms with van der Waals surface area (Å²) >= 11 is 0. The van der Waals surface area contributed by atoms with E-state index in [2.05, 4.69) is 10.5 Å². The van der Waals surface area contributed by atoms with Crippen LogP contribution in [-0.4, -0.2) is 40.0 Å². The van der Waals surface area contributed by atoms with Gasteiger partial charge in [-0.05, 0) is 45.7 Å². The number of hydrazone groups is 1. The van der Waals surface area contributed by atoms with Gasteiger partial charge in [-0.2, -0.15) is 10.4 Å². The van der Waals surface area contributed by atoms with Gasteiger partial charge in [-0.3, -0.25) is 19.9 Å². The topological polar surface area (TPSA) is 112 Å². The molecule has 0 unspecified atom stereocenters. The van der Waals surface area contributed by atoms with Gasteiger partial charge in [0.1, 0.15) is 11.7 Å². The number of imide groups is 1. The molecule has 1 aliphatic rings. The van der Waals surface area contributed by atoms with Crippen LogP contribution in [0.1, 0.15) is 68.2 Å². The van der Waals surface area contributed by atoms with E-state index in [0.29, 0.717) is 12.8 Å². The van der Waals surface area contributed by atoms with Crippen LogP contribution in [0.15, 0.2) is 23.3 Å². The maximum absolute atomic E-state index is 12.9. The fourth-order valence-electron chi connectivity index (χ4n) is 2.94. The molecule has 9 heteroatoms. The van der Waals surface area contributed by atoms with Crippen molar-refractivity contribution < 1.29 is 36.2 Å². The SMILES string of the molecule is CCC(CC)N1C(=O)c2cccc(NN=C(C#N)C(=O)OC(C)(C)C)c2C1=O.[Cu+2]. The Bertz CT molecular complexity index is 879. The number of ether oxygens (including phenoxy) is 1. The average Bonchev–Trinajstić information content (AvgIpc) is 2.88. The summed E-state index contributed by atoms with van der Waals surface area (Å²) in [6.07, 6.45) is 1.31. The molecule has 0 fully saturated rings. The molecule has 2 amide bonds. The summed E-state index contributed by atoms with van der Waals surface area (Å²) < 4.78 is 5.13. The van der Waals surface area contributed by atoms with Crippen molar-refractivity contribution in [2.45, 2.75) is 59.1 Å². The first-order valence-electron chi connectivity index (χ1n) is 9.12. The van der Waals surface area contributed by atoms with Crippen molar-refractivity contribution in [2.24, 2.45) is 5.10 Å². The number of amides is 2. The Balaban J connectivity index is 0.00000420. The predicted octanol–water partition coefficient (Wildman–Crippen LogP) is 3.10. The first-order valence-corrected chi connectivity index (χ1v) is 9.12. The molecule has 1 aromatic carbocycles. The molecule has 0 spiro atoms. The zero-order valence-corrected chi connectivity index (χ0v) is 17.9. The van der Waals surface area contributed by atoms with E-state index in [1.165, 1.54) is 4.90 Å². The molecule has 2 rings (SSSR count). The Hall–Kier alpha value is -2.69. The van der Waals surface area contributed by atoms with Crippen LogP contribution in [-0.2, 0) is 26.6 Å². The molecule has 0 aromatic heterocycles. The van der Waals surface area contributed by atoms with Crippen molar-refractivity contribution in [1.29, 1.82) is 5.26 Å². The van der Waals surface area contributed by atoms with E-state index >= 15 is 0 Å². The summed E-state index contributed by atoms with van der Waals surface area (Å²) in [6.45, 7) is 8.86. The third-order valence-corrected chi connectivity index (χ3v) is 4.24. The number of nitrogens with zero attached hydrogens (tertiary/aromatic N) is 3. The van der Waals surface area contributed by atoms with Crippen molar-refractivity contribution in [3.8, 4) is 6.07 Å². The van der Waals surface area contributed by atoms with Crippen LogP contribution in [0.5, 0.6) is 0 Å². The van der Waals surface area contributed by atoms with Gasteiger partial charge in [0, 0.05) is 6.04 Å². The smallest absolute Gasteiger partial charge is 0.455 e. The van der Waals surface area contributed by atoms with Crippen LogP contribution in [0.25, 0.3) is 0 Å². The Morgan fingerprint density at radius 1 is 1.24 bits per heavy atom. The monoisotopic (exact) mass is 447 g/mol. The number of benzene rings is 1. The zero-order chi connectivity index (χ0) is 21.1. The van der Waals surface area contributed by atoms with Gasteiger partial charge in [-0.15, -0.1) is 0 Å². The summed E-state index contributed by atoms with van der Waals surface area (Å²) in [5.41, 5.74) is 2.02. The molecule has 0 bridgehead atoms. The van der Waals surface area contributed by atoms with E-state index in [1.54, 1.807) is 45.0 Å². The minimum absolute atomic E-state index is 0. The van der Waals surface area contributed by atoms with Crippen LogP contribution >= 0.6 is 0 Å². The fraction of sp³-hybridized carbons (Fsp3) is 0.450. The second kappa shape index (κ2) is 9.68.